The number of anilines is 1. The molecule has 0 aliphatic heterocycles. The summed E-state index contributed by atoms with van der Waals surface area (Å²) in [6.07, 6.45) is 1.51. The second kappa shape index (κ2) is 8.29. The van der Waals surface area contributed by atoms with Crippen LogP contribution in [0.1, 0.15) is 10.5 Å². The van der Waals surface area contributed by atoms with E-state index in [2.05, 4.69) is 15.5 Å². The third-order valence-electron chi connectivity index (χ3n) is 4.40. The van der Waals surface area contributed by atoms with Gasteiger partial charge in [0.1, 0.15) is 11.4 Å². The van der Waals surface area contributed by atoms with Crippen molar-refractivity contribution < 1.29 is 22.4 Å². The van der Waals surface area contributed by atoms with E-state index in [1.807, 2.05) is 0 Å². The number of furan rings is 1. The molecule has 8 nitrogen and oxygen atoms in total. The highest BCUT2D eigenvalue weighted by molar-refractivity contribution is 7.91. The maximum absolute atomic E-state index is 13.0. The number of aromatic amines is 1. The topological polar surface area (TPSA) is 114 Å². The Morgan fingerprint density at radius 1 is 1.10 bits per heavy atom. The number of methoxy groups -OCH3 is 1. The number of nitrogens with zero attached hydrogens (tertiary/aromatic N) is 1. The number of carbonyl (C=O) groups is 1. The summed E-state index contributed by atoms with van der Waals surface area (Å²) in [5.41, 5.74) is 0.877. The molecule has 2 heterocycles. The third kappa shape index (κ3) is 4.32. The largest absolute Gasteiger partial charge is 0.497 e. The van der Waals surface area contributed by atoms with Crippen LogP contribution in [0.4, 0.5) is 5.69 Å². The summed E-state index contributed by atoms with van der Waals surface area (Å²) in [6, 6.07) is 15.0. The Morgan fingerprint density at radius 2 is 1.87 bits per heavy atom. The molecular weight excluding hydrogens is 442 g/mol. The molecule has 0 saturated heterocycles. The Morgan fingerprint density at radius 3 is 2.55 bits per heavy atom. The van der Waals surface area contributed by atoms with E-state index in [9.17, 15) is 13.2 Å². The second-order valence-corrected chi connectivity index (χ2v) is 8.84. The van der Waals surface area contributed by atoms with Crippen molar-refractivity contribution in [2.45, 2.75) is 9.79 Å². The predicted molar refractivity (Wildman–Crippen MR) is 114 cm³/mol. The number of H-pyrrole nitrogens is 1. The molecule has 2 N–H and O–H groups in total. The zero-order valence-corrected chi connectivity index (χ0v) is 17.7. The number of hydrogen-bond acceptors (Lipinski definition) is 6. The van der Waals surface area contributed by atoms with Gasteiger partial charge in [0.25, 0.3) is 5.91 Å². The van der Waals surface area contributed by atoms with Crippen LogP contribution in [0.25, 0.3) is 11.5 Å². The van der Waals surface area contributed by atoms with Crippen molar-refractivity contribution in [1.29, 1.82) is 0 Å². The fraction of sp³-hybridized carbons (Fsp3) is 0.0476. The quantitative estimate of drug-likeness (QED) is 0.443. The standard InChI is InChI=1S/C21H16ClN3O5S/c1-29-15-9-14(10-17(11-15)31(27,28)16-6-4-13(22)5-7-16)23-21(26)19-12-18(24-25-19)20-3-2-8-30-20/h2-12H,1H3,(H,23,26)(H,24,25). The van der Waals surface area contributed by atoms with E-state index in [4.69, 9.17) is 20.8 Å². The first kappa shape index (κ1) is 20.7. The molecule has 0 atom stereocenters. The summed E-state index contributed by atoms with van der Waals surface area (Å²) in [7, 11) is -2.46. The fourth-order valence-electron chi connectivity index (χ4n) is 2.86. The number of carbonyl (C=O) groups excluding carboxylic acids is 1. The summed E-state index contributed by atoms with van der Waals surface area (Å²) in [5, 5.41) is 9.77. The summed E-state index contributed by atoms with van der Waals surface area (Å²) in [4.78, 5) is 12.7. The number of ether oxygens (including phenoxy) is 1. The molecule has 0 spiro atoms. The highest BCUT2D eigenvalue weighted by atomic mass is 35.5. The first-order valence-electron chi connectivity index (χ1n) is 8.97. The Hall–Kier alpha value is -3.56. The van der Waals surface area contributed by atoms with E-state index < -0.39 is 15.7 Å². The number of aromatic nitrogens is 2. The van der Waals surface area contributed by atoms with Crippen molar-refractivity contribution in [3.8, 4) is 17.2 Å². The van der Waals surface area contributed by atoms with Gasteiger partial charge in [-0.05, 0) is 48.5 Å². The molecule has 0 unspecified atom stereocenters. The number of rotatable bonds is 6. The SMILES string of the molecule is COc1cc(NC(=O)c2cc(-c3ccco3)[nH]n2)cc(S(=O)(=O)c2ccc(Cl)cc2)c1. The Kier molecular flexibility index (Phi) is 5.53. The molecule has 31 heavy (non-hydrogen) atoms. The highest BCUT2D eigenvalue weighted by Crippen LogP contribution is 2.29. The van der Waals surface area contributed by atoms with Crippen molar-refractivity contribution in [3.63, 3.8) is 0 Å². The van der Waals surface area contributed by atoms with Crippen molar-refractivity contribution in [2.75, 3.05) is 12.4 Å². The fourth-order valence-corrected chi connectivity index (χ4v) is 4.30. The van der Waals surface area contributed by atoms with E-state index in [0.29, 0.717) is 16.5 Å². The van der Waals surface area contributed by atoms with Gasteiger partial charge in [0, 0.05) is 22.8 Å². The van der Waals surface area contributed by atoms with Crippen LogP contribution in [0.3, 0.4) is 0 Å². The zero-order chi connectivity index (χ0) is 22.0. The molecule has 4 rings (SSSR count). The smallest absolute Gasteiger partial charge is 0.276 e. The lowest BCUT2D eigenvalue weighted by atomic mass is 10.2. The van der Waals surface area contributed by atoms with E-state index >= 15 is 0 Å². The van der Waals surface area contributed by atoms with Gasteiger partial charge in [-0.3, -0.25) is 9.89 Å². The molecule has 2 aromatic heterocycles. The molecule has 0 radical (unpaired) electrons. The van der Waals surface area contributed by atoms with Crippen molar-refractivity contribution in [2.24, 2.45) is 0 Å². The second-order valence-electron chi connectivity index (χ2n) is 6.45. The van der Waals surface area contributed by atoms with Gasteiger partial charge in [-0.2, -0.15) is 5.10 Å². The van der Waals surface area contributed by atoms with Crippen LogP contribution in [0.2, 0.25) is 5.02 Å². The number of hydrogen-bond donors (Lipinski definition) is 2. The lowest BCUT2D eigenvalue weighted by Gasteiger charge is -2.11. The number of sulfone groups is 1. The van der Waals surface area contributed by atoms with Crippen LogP contribution in [0.15, 0.2) is 81.1 Å². The molecule has 2 aromatic carbocycles. The van der Waals surface area contributed by atoms with Crippen LogP contribution in [0.5, 0.6) is 5.75 Å². The van der Waals surface area contributed by atoms with Gasteiger partial charge < -0.3 is 14.5 Å². The first-order valence-corrected chi connectivity index (χ1v) is 10.8. The minimum atomic E-state index is -3.86. The number of benzene rings is 2. The lowest BCUT2D eigenvalue weighted by molar-refractivity contribution is 0.102. The molecule has 0 bridgehead atoms. The van der Waals surface area contributed by atoms with Crippen LogP contribution >= 0.6 is 11.6 Å². The van der Waals surface area contributed by atoms with Crippen LogP contribution < -0.4 is 10.1 Å². The molecule has 1 amide bonds. The number of amides is 1. The molecule has 0 aliphatic rings. The number of nitrogens with one attached hydrogen (secondary N) is 2. The zero-order valence-electron chi connectivity index (χ0n) is 16.1. The lowest BCUT2D eigenvalue weighted by Crippen LogP contribution is -2.13. The molecule has 0 saturated carbocycles. The van der Waals surface area contributed by atoms with Crippen LogP contribution in [-0.2, 0) is 9.84 Å². The molecule has 4 aromatic rings. The Labute approximate surface area is 182 Å². The van der Waals surface area contributed by atoms with Gasteiger partial charge in [0.2, 0.25) is 9.84 Å². The van der Waals surface area contributed by atoms with Crippen molar-refractivity contribution in [1.82, 2.24) is 10.2 Å². The maximum Gasteiger partial charge on any atom is 0.276 e. The van der Waals surface area contributed by atoms with Gasteiger partial charge >= 0.3 is 0 Å². The average molecular weight is 458 g/mol. The third-order valence-corrected chi connectivity index (χ3v) is 6.41. The van der Waals surface area contributed by atoms with E-state index in [1.165, 1.54) is 61.9 Å². The predicted octanol–water partition coefficient (Wildman–Crippen LogP) is 4.42. The van der Waals surface area contributed by atoms with Crippen LogP contribution in [0, 0.1) is 0 Å². The summed E-state index contributed by atoms with van der Waals surface area (Å²) >= 11 is 5.85. The van der Waals surface area contributed by atoms with E-state index in [1.54, 1.807) is 12.1 Å². The molecule has 0 aliphatic carbocycles. The van der Waals surface area contributed by atoms with E-state index in [-0.39, 0.29) is 26.9 Å². The normalized spacial score (nSPS) is 11.3. The summed E-state index contributed by atoms with van der Waals surface area (Å²) in [6.45, 7) is 0. The van der Waals surface area contributed by atoms with Gasteiger partial charge in [-0.25, -0.2) is 8.42 Å². The minimum Gasteiger partial charge on any atom is -0.497 e. The monoisotopic (exact) mass is 457 g/mol. The Bertz CT molecular complexity index is 1330. The molecule has 158 valence electrons. The summed E-state index contributed by atoms with van der Waals surface area (Å²) < 4.78 is 36.5. The molecule has 0 fully saturated rings. The van der Waals surface area contributed by atoms with Gasteiger partial charge in [-0.1, -0.05) is 11.6 Å². The Balaban J connectivity index is 1.63. The minimum absolute atomic E-state index is 0.0391. The number of halogens is 1. The van der Waals surface area contributed by atoms with Crippen molar-refractivity contribution in [3.05, 3.63) is 77.6 Å². The van der Waals surface area contributed by atoms with Crippen molar-refractivity contribution >= 4 is 33.0 Å². The van der Waals surface area contributed by atoms with Gasteiger partial charge in [0.15, 0.2) is 11.5 Å². The molecular formula is C21H16ClN3O5S. The summed E-state index contributed by atoms with van der Waals surface area (Å²) in [5.74, 6) is 0.269. The van der Waals surface area contributed by atoms with Gasteiger partial charge in [-0.15, -0.1) is 0 Å². The maximum atomic E-state index is 13.0. The molecule has 10 heteroatoms. The van der Waals surface area contributed by atoms with Gasteiger partial charge in [0.05, 0.1) is 23.2 Å². The average Bonchev–Trinajstić information content (AvgIpc) is 3.45. The highest BCUT2D eigenvalue weighted by Gasteiger charge is 2.21. The van der Waals surface area contributed by atoms with E-state index in [0.717, 1.165) is 0 Å². The van der Waals surface area contributed by atoms with Crippen LogP contribution in [-0.4, -0.2) is 31.6 Å². The first-order chi connectivity index (χ1) is 14.9.